The van der Waals surface area contributed by atoms with E-state index >= 15 is 0 Å². The minimum atomic E-state index is -0.889. The zero-order chi connectivity index (χ0) is 18.6. The van der Waals surface area contributed by atoms with E-state index in [1.54, 1.807) is 0 Å². The topological polar surface area (TPSA) is 75.1 Å². The van der Waals surface area contributed by atoms with Crippen molar-refractivity contribution in [2.24, 2.45) is 0 Å². The zero-order valence-electron chi connectivity index (χ0n) is 14.9. The van der Waals surface area contributed by atoms with Gasteiger partial charge in [-0.25, -0.2) is 14.8 Å². The summed E-state index contributed by atoms with van der Waals surface area (Å²) in [5.74, 6) is -0.264. The number of aliphatic carboxylic acids is 1. The molecule has 1 aliphatic rings. The minimum absolute atomic E-state index is 0.394. The number of carbonyl (C=O) groups is 1. The highest BCUT2D eigenvalue weighted by Crippen LogP contribution is 2.33. The fraction of sp³-hybridized carbons (Fsp3) is 0.227. The zero-order valence-corrected chi connectivity index (χ0v) is 14.9. The van der Waals surface area contributed by atoms with Gasteiger partial charge < -0.3 is 10.4 Å². The smallest absolute Gasteiger partial charge is 0.326 e. The van der Waals surface area contributed by atoms with E-state index in [1.165, 1.54) is 11.9 Å². The Hall–Kier alpha value is -3.21. The molecular formula is C22H21N3O2. The second kappa shape index (κ2) is 7.58. The number of fused-ring (bicyclic) bond motifs is 3. The van der Waals surface area contributed by atoms with Crippen molar-refractivity contribution in [2.45, 2.75) is 31.7 Å². The fourth-order valence-electron chi connectivity index (χ4n) is 3.65. The number of nitrogens with zero attached hydrogens (tertiary/aromatic N) is 2. The SMILES string of the molecule is O=C(O)C(Cc1ccccc1)Nc1ncnc2c1CCCc1ccccc1-2. The van der Waals surface area contributed by atoms with E-state index in [9.17, 15) is 9.90 Å². The lowest BCUT2D eigenvalue weighted by atomic mass is 10.0. The molecule has 27 heavy (non-hydrogen) atoms. The summed E-state index contributed by atoms with van der Waals surface area (Å²) in [4.78, 5) is 20.7. The lowest BCUT2D eigenvalue weighted by Crippen LogP contribution is -2.32. The van der Waals surface area contributed by atoms with Gasteiger partial charge >= 0.3 is 5.97 Å². The number of hydrogen-bond acceptors (Lipinski definition) is 4. The summed E-state index contributed by atoms with van der Waals surface area (Å²) in [6.07, 6.45) is 4.71. The highest BCUT2D eigenvalue weighted by molar-refractivity contribution is 5.79. The van der Waals surface area contributed by atoms with Crippen LogP contribution in [0.15, 0.2) is 60.9 Å². The summed E-state index contributed by atoms with van der Waals surface area (Å²) in [6.45, 7) is 0. The van der Waals surface area contributed by atoms with E-state index in [4.69, 9.17) is 0 Å². The largest absolute Gasteiger partial charge is 0.480 e. The van der Waals surface area contributed by atoms with E-state index in [-0.39, 0.29) is 0 Å². The summed E-state index contributed by atoms with van der Waals surface area (Å²) in [7, 11) is 0. The molecule has 0 spiro atoms. The molecule has 4 rings (SSSR count). The molecule has 0 fully saturated rings. The van der Waals surface area contributed by atoms with Gasteiger partial charge in [0.25, 0.3) is 0 Å². The van der Waals surface area contributed by atoms with Gasteiger partial charge in [-0.3, -0.25) is 0 Å². The maximum Gasteiger partial charge on any atom is 0.326 e. The average molecular weight is 359 g/mol. The number of hydrogen-bond donors (Lipinski definition) is 2. The molecule has 5 nitrogen and oxygen atoms in total. The van der Waals surface area contributed by atoms with E-state index < -0.39 is 12.0 Å². The number of benzene rings is 2. The molecule has 0 saturated carbocycles. The van der Waals surface area contributed by atoms with Gasteiger partial charge in [0.05, 0.1) is 5.69 Å². The van der Waals surface area contributed by atoms with E-state index in [0.717, 1.165) is 41.6 Å². The van der Waals surface area contributed by atoms with Gasteiger partial charge in [0, 0.05) is 17.5 Å². The van der Waals surface area contributed by atoms with Crippen molar-refractivity contribution < 1.29 is 9.90 Å². The first-order chi connectivity index (χ1) is 13.2. The number of aryl methyl sites for hydroxylation is 1. The second-order valence-electron chi connectivity index (χ2n) is 6.79. The van der Waals surface area contributed by atoms with E-state index in [2.05, 4.69) is 27.4 Å². The van der Waals surface area contributed by atoms with Gasteiger partial charge in [-0.05, 0) is 30.4 Å². The summed E-state index contributed by atoms with van der Waals surface area (Å²) in [5, 5.41) is 12.9. The molecular weight excluding hydrogens is 338 g/mol. The van der Waals surface area contributed by atoms with Crippen LogP contribution in [0.3, 0.4) is 0 Å². The molecule has 0 saturated heterocycles. The average Bonchev–Trinajstić information content (AvgIpc) is 2.88. The Labute approximate surface area is 158 Å². The van der Waals surface area contributed by atoms with Gasteiger partial charge in [0.2, 0.25) is 0 Å². The maximum atomic E-state index is 11.8. The molecule has 5 heteroatoms. The summed E-state index contributed by atoms with van der Waals surface area (Å²) in [6, 6.07) is 17.2. The van der Waals surface area contributed by atoms with E-state index in [0.29, 0.717) is 12.2 Å². The molecule has 1 heterocycles. The third-order valence-electron chi connectivity index (χ3n) is 4.98. The predicted molar refractivity (Wildman–Crippen MR) is 105 cm³/mol. The van der Waals surface area contributed by atoms with Gasteiger partial charge in [0.15, 0.2) is 0 Å². The highest BCUT2D eigenvalue weighted by Gasteiger charge is 2.23. The first-order valence-corrected chi connectivity index (χ1v) is 9.18. The van der Waals surface area contributed by atoms with Gasteiger partial charge in [-0.1, -0.05) is 54.6 Å². The Balaban J connectivity index is 1.68. The van der Waals surface area contributed by atoms with Crippen molar-refractivity contribution in [2.75, 3.05) is 5.32 Å². The van der Waals surface area contributed by atoms with Crippen molar-refractivity contribution in [1.82, 2.24) is 9.97 Å². The molecule has 0 radical (unpaired) electrons. The molecule has 0 amide bonds. The Kier molecular flexibility index (Phi) is 4.83. The quantitative estimate of drug-likeness (QED) is 0.726. The Morgan fingerprint density at radius 1 is 1.04 bits per heavy atom. The number of anilines is 1. The molecule has 1 aromatic heterocycles. The molecule has 136 valence electrons. The third kappa shape index (κ3) is 3.67. The molecule has 0 bridgehead atoms. The van der Waals surface area contributed by atoms with Crippen molar-refractivity contribution >= 4 is 11.8 Å². The third-order valence-corrected chi connectivity index (χ3v) is 4.98. The van der Waals surface area contributed by atoms with Crippen LogP contribution in [0, 0.1) is 0 Å². The van der Waals surface area contributed by atoms with Gasteiger partial charge in [0.1, 0.15) is 18.2 Å². The number of rotatable bonds is 5. The van der Waals surface area contributed by atoms with Crippen molar-refractivity contribution in [3.63, 3.8) is 0 Å². The van der Waals surface area contributed by atoms with Crippen LogP contribution < -0.4 is 5.32 Å². The molecule has 1 atom stereocenters. The van der Waals surface area contributed by atoms with Crippen LogP contribution in [-0.4, -0.2) is 27.1 Å². The number of aromatic nitrogens is 2. The van der Waals surface area contributed by atoms with Crippen LogP contribution in [0.5, 0.6) is 0 Å². The number of carboxylic acids is 1. The molecule has 1 unspecified atom stereocenters. The first kappa shape index (κ1) is 17.2. The fourth-order valence-corrected chi connectivity index (χ4v) is 3.65. The van der Waals surface area contributed by atoms with Crippen LogP contribution in [0.4, 0.5) is 5.82 Å². The van der Waals surface area contributed by atoms with Crippen molar-refractivity contribution in [3.8, 4) is 11.3 Å². The Morgan fingerprint density at radius 3 is 2.63 bits per heavy atom. The van der Waals surface area contributed by atoms with Crippen molar-refractivity contribution in [3.05, 3.63) is 77.6 Å². The lowest BCUT2D eigenvalue weighted by molar-refractivity contribution is -0.137. The minimum Gasteiger partial charge on any atom is -0.480 e. The predicted octanol–water partition coefficient (Wildman–Crippen LogP) is 3.74. The molecule has 1 aliphatic carbocycles. The summed E-state index contributed by atoms with van der Waals surface area (Å²) in [5.41, 5.74) is 5.28. The van der Waals surface area contributed by atoms with Crippen molar-refractivity contribution in [1.29, 1.82) is 0 Å². The van der Waals surface area contributed by atoms with Crippen LogP contribution in [0.25, 0.3) is 11.3 Å². The van der Waals surface area contributed by atoms with Crippen LogP contribution >= 0.6 is 0 Å². The summed E-state index contributed by atoms with van der Waals surface area (Å²) >= 11 is 0. The molecule has 0 aliphatic heterocycles. The standard InChI is InChI=1S/C22H21N3O2/c26-22(27)19(13-15-7-2-1-3-8-15)25-21-18-12-6-10-16-9-4-5-11-17(16)20(18)23-14-24-21/h1-5,7-9,11,14,19H,6,10,12-13H2,(H,26,27)(H,23,24,25). The Bertz CT molecular complexity index is 957. The normalized spacial score (nSPS) is 13.8. The second-order valence-corrected chi connectivity index (χ2v) is 6.79. The van der Waals surface area contributed by atoms with Crippen LogP contribution in [0.2, 0.25) is 0 Å². The molecule has 2 aromatic carbocycles. The van der Waals surface area contributed by atoms with Gasteiger partial charge in [-0.2, -0.15) is 0 Å². The maximum absolute atomic E-state index is 11.8. The first-order valence-electron chi connectivity index (χ1n) is 9.18. The van der Waals surface area contributed by atoms with E-state index in [1.807, 2.05) is 42.5 Å². The number of nitrogens with one attached hydrogen (secondary N) is 1. The summed E-state index contributed by atoms with van der Waals surface area (Å²) < 4.78 is 0. The van der Waals surface area contributed by atoms with Crippen LogP contribution in [-0.2, 0) is 24.1 Å². The monoisotopic (exact) mass is 359 g/mol. The van der Waals surface area contributed by atoms with Gasteiger partial charge in [-0.15, -0.1) is 0 Å². The molecule has 3 aromatic rings. The van der Waals surface area contributed by atoms with Crippen LogP contribution in [0.1, 0.15) is 23.1 Å². The highest BCUT2D eigenvalue weighted by atomic mass is 16.4. The Morgan fingerprint density at radius 2 is 1.81 bits per heavy atom. The molecule has 2 N–H and O–H groups in total. The lowest BCUT2D eigenvalue weighted by Gasteiger charge is -2.18. The number of carboxylic acid groups (broad SMARTS) is 1.